The first-order valence-corrected chi connectivity index (χ1v) is 6.51. The van der Waals surface area contributed by atoms with Crippen LogP contribution in [0.15, 0.2) is 18.5 Å². The molecule has 0 aromatic carbocycles. The van der Waals surface area contributed by atoms with E-state index in [0.717, 1.165) is 23.4 Å². The molecule has 2 rings (SSSR count). The monoisotopic (exact) mass is 262 g/mol. The summed E-state index contributed by atoms with van der Waals surface area (Å²) < 4.78 is 3.76. The minimum absolute atomic E-state index is 0.0317. The maximum Gasteiger partial charge on any atom is 0.0644 e. The van der Waals surface area contributed by atoms with E-state index < -0.39 is 0 Å². The van der Waals surface area contributed by atoms with Crippen LogP contribution in [0.3, 0.4) is 0 Å². The van der Waals surface area contributed by atoms with Gasteiger partial charge in [-0.1, -0.05) is 0 Å². The average molecular weight is 262 g/mol. The highest BCUT2D eigenvalue weighted by atomic mass is 15.3. The molecule has 2 aromatic rings. The van der Waals surface area contributed by atoms with E-state index in [0.29, 0.717) is 6.04 Å². The van der Waals surface area contributed by atoms with Crippen molar-refractivity contribution >= 4 is 0 Å². The van der Waals surface area contributed by atoms with E-state index in [2.05, 4.69) is 29.5 Å². The zero-order valence-corrected chi connectivity index (χ0v) is 12.0. The number of aryl methyl sites for hydroxylation is 2. The van der Waals surface area contributed by atoms with Gasteiger partial charge in [-0.2, -0.15) is 10.2 Å². The van der Waals surface area contributed by atoms with Crippen molar-refractivity contribution in [3.8, 4) is 0 Å². The molecule has 0 bridgehead atoms. The largest absolute Gasteiger partial charge is 0.275 e. The number of hydrazine groups is 1. The number of rotatable bonds is 5. The van der Waals surface area contributed by atoms with E-state index in [1.165, 1.54) is 0 Å². The SMILES string of the molecule is Cc1nn(C)cc1C(Cc1ccn(C(C)C)n1)NN. The maximum absolute atomic E-state index is 5.68. The molecule has 0 saturated carbocycles. The molecule has 6 nitrogen and oxygen atoms in total. The first-order chi connectivity index (χ1) is 9.01. The molecule has 0 spiro atoms. The predicted molar refractivity (Wildman–Crippen MR) is 74.3 cm³/mol. The molecule has 2 aromatic heterocycles. The van der Waals surface area contributed by atoms with Gasteiger partial charge in [-0.25, -0.2) is 0 Å². The van der Waals surface area contributed by atoms with Crippen molar-refractivity contribution in [2.45, 2.75) is 39.3 Å². The predicted octanol–water partition coefficient (Wildman–Crippen LogP) is 1.25. The molecular weight excluding hydrogens is 240 g/mol. The average Bonchev–Trinajstić information content (AvgIpc) is 2.93. The summed E-state index contributed by atoms with van der Waals surface area (Å²) in [6.07, 6.45) is 4.76. The topological polar surface area (TPSA) is 73.7 Å². The summed E-state index contributed by atoms with van der Waals surface area (Å²) in [5, 5.41) is 8.90. The van der Waals surface area contributed by atoms with Gasteiger partial charge >= 0.3 is 0 Å². The number of aromatic nitrogens is 4. The second-order valence-electron chi connectivity index (χ2n) is 5.15. The van der Waals surface area contributed by atoms with Crippen LogP contribution in [0.1, 0.15) is 42.9 Å². The number of hydrogen-bond donors (Lipinski definition) is 2. The van der Waals surface area contributed by atoms with Gasteiger partial charge in [0.25, 0.3) is 0 Å². The lowest BCUT2D eigenvalue weighted by Crippen LogP contribution is -2.30. The van der Waals surface area contributed by atoms with Crippen LogP contribution in [-0.2, 0) is 13.5 Å². The van der Waals surface area contributed by atoms with Crippen LogP contribution in [0.4, 0.5) is 0 Å². The molecule has 0 aliphatic carbocycles. The van der Waals surface area contributed by atoms with E-state index in [9.17, 15) is 0 Å². The van der Waals surface area contributed by atoms with E-state index in [1.54, 1.807) is 0 Å². The molecule has 2 heterocycles. The third-order valence-corrected chi connectivity index (χ3v) is 3.23. The standard InChI is InChI=1S/C13H22N6/c1-9(2)19-6-5-11(17-19)7-13(15-14)12-8-18(4)16-10(12)3/h5-6,8-9,13,15H,7,14H2,1-4H3. The summed E-state index contributed by atoms with van der Waals surface area (Å²) in [7, 11) is 1.91. The Bertz CT molecular complexity index is 539. The summed E-state index contributed by atoms with van der Waals surface area (Å²) in [4.78, 5) is 0. The van der Waals surface area contributed by atoms with Crippen molar-refractivity contribution in [1.29, 1.82) is 0 Å². The van der Waals surface area contributed by atoms with Gasteiger partial charge in [0, 0.05) is 37.5 Å². The van der Waals surface area contributed by atoms with Crippen molar-refractivity contribution in [2.75, 3.05) is 0 Å². The van der Waals surface area contributed by atoms with Crippen LogP contribution in [0.25, 0.3) is 0 Å². The van der Waals surface area contributed by atoms with Crippen molar-refractivity contribution < 1.29 is 0 Å². The lowest BCUT2D eigenvalue weighted by Gasteiger charge is -2.13. The molecule has 0 radical (unpaired) electrons. The lowest BCUT2D eigenvalue weighted by molar-refractivity contribution is 0.506. The summed E-state index contributed by atoms with van der Waals surface area (Å²) in [5.41, 5.74) is 5.99. The van der Waals surface area contributed by atoms with Crippen LogP contribution in [0, 0.1) is 6.92 Å². The number of hydrogen-bond acceptors (Lipinski definition) is 4. The van der Waals surface area contributed by atoms with Gasteiger partial charge in [-0.3, -0.25) is 20.6 Å². The number of nitrogens with two attached hydrogens (primary N) is 1. The van der Waals surface area contributed by atoms with Gasteiger partial charge in [0.15, 0.2) is 0 Å². The Morgan fingerprint density at radius 3 is 2.58 bits per heavy atom. The van der Waals surface area contributed by atoms with Gasteiger partial charge in [0.05, 0.1) is 17.4 Å². The molecule has 0 aliphatic rings. The molecule has 19 heavy (non-hydrogen) atoms. The van der Waals surface area contributed by atoms with Gasteiger partial charge < -0.3 is 0 Å². The molecule has 0 aliphatic heterocycles. The fourth-order valence-electron chi connectivity index (χ4n) is 2.20. The van der Waals surface area contributed by atoms with Crippen molar-refractivity contribution in [2.24, 2.45) is 12.9 Å². The first-order valence-electron chi connectivity index (χ1n) is 6.51. The Labute approximate surface area is 113 Å². The third-order valence-electron chi connectivity index (χ3n) is 3.23. The zero-order valence-electron chi connectivity index (χ0n) is 12.0. The molecule has 6 heteroatoms. The highest BCUT2D eigenvalue weighted by Gasteiger charge is 2.17. The van der Waals surface area contributed by atoms with Crippen molar-refractivity contribution in [3.63, 3.8) is 0 Å². The summed E-state index contributed by atoms with van der Waals surface area (Å²) >= 11 is 0. The maximum atomic E-state index is 5.68. The fourth-order valence-corrected chi connectivity index (χ4v) is 2.20. The normalized spacial score (nSPS) is 13.2. The van der Waals surface area contributed by atoms with Gasteiger partial charge in [0.2, 0.25) is 0 Å². The minimum Gasteiger partial charge on any atom is -0.275 e. The van der Waals surface area contributed by atoms with E-state index in [1.807, 2.05) is 41.8 Å². The van der Waals surface area contributed by atoms with Crippen LogP contribution < -0.4 is 11.3 Å². The quantitative estimate of drug-likeness (QED) is 0.628. The Morgan fingerprint density at radius 1 is 1.37 bits per heavy atom. The summed E-state index contributed by atoms with van der Waals surface area (Å²) in [6.45, 7) is 6.22. The number of nitrogens with one attached hydrogen (secondary N) is 1. The van der Waals surface area contributed by atoms with E-state index >= 15 is 0 Å². The Hall–Kier alpha value is -1.66. The van der Waals surface area contributed by atoms with Gasteiger partial charge in [-0.05, 0) is 26.8 Å². The summed E-state index contributed by atoms with van der Waals surface area (Å²) in [5.74, 6) is 5.68. The van der Waals surface area contributed by atoms with E-state index in [4.69, 9.17) is 5.84 Å². The molecule has 0 amide bonds. The van der Waals surface area contributed by atoms with Crippen LogP contribution >= 0.6 is 0 Å². The highest BCUT2D eigenvalue weighted by molar-refractivity contribution is 5.22. The molecule has 0 saturated heterocycles. The van der Waals surface area contributed by atoms with Gasteiger partial charge in [0.1, 0.15) is 0 Å². The highest BCUT2D eigenvalue weighted by Crippen LogP contribution is 2.19. The fraction of sp³-hybridized carbons (Fsp3) is 0.538. The first kappa shape index (κ1) is 13.8. The Morgan fingerprint density at radius 2 is 2.11 bits per heavy atom. The van der Waals surface area contributed by atoms with E-state index in [-0.39, 0.29) is 6.04 Å². The molecule has 1 atom stereocenters. The number of nitrogens with zero attached hydrogens (tertiary/aromatic N) is 4. The minimum atomic E-state index is 0.0317. The van der Waals surface area contributed by atoms with Crippen LogP contribution in [-0.4, -0.2) is 19.6 Å². The molecule has 3 N–H and O–H groups in total. The second-order valence-corrected chi connectivity index (χ2v) is 5.15. The summed E-state index contributed by atoms with van der Waals surface area (Å²) in [6, 6.07) is 2.44. The molecular formula is C13H22N6. The molecule has 104 valence electrons. The zero-order chi connectivity index (χ0) is 14.0. The Balaban J connectivity index is 2.16. The third kappa shape index (κ3) is 3.02. The van der Waals surface area contributed by atoms with Crippen molar-refractivity contribution in [1.82, 2.24) is 25.0 Å². The molecule has 0 fully saturated rings. The van der Waals surface area contributed by atoms with Crippen LogP contribution in [0.5, 0.6) is 0 Å². The van der Waals surface area contributed by atoms with Crippen LogP contribution in [0.2, 0.25) is 0 Å². The van der Waals surface area contributed by atoms with Crippen molar-refractivity contribution in [3.05, 3.63) is 35.4 Å². The smallest absolute Gasteiger partial charge is 0.0644 e. The Kier molecular flexibility index (Phi) is 4.01. The second kappa shape index (κ2) is 5.54. The molecule has 1 unspecified atom stereocenters. The van der Waals surface area contributed by atoms with Gasteiger partial charge in [-0.15, -0.1) is 0 Å². The lowest BCUT2D eigenvalue weighted by atomic mass is 10.0.